The first kappa shape index (κ1) is 15.1. The summed E-state index contributed by atoms with van der Waals surface area (Å²) in [5.41, 5.74) is 5.40. The molecule has 0 heterocycles. The van der Waals surface area contributed by atoms with Gasteiger partial charge in [0.15, 0.2) is 0 Å². The summed E-state index contributed by atoms with van der Waals surface area (Å²) < 4.78 is 13.7. The summed E-state index contributed by atoms with van der Waals surface area (Å²) in [5, 5.41) is 12.4. The number of benzene rings is 2. The van der Waals surface area contributed by atoms with Gasteiger partial charge in [0.25, 0.3) is 0 Å². The predicted molar refractivity (Wildman–Crippen MR) is 83.8 cm³/mol. The van der Waals surface area contributed by atoms with Crippen LogP contribution in [-0.4, -0.2) is 0 Å². The van der Waals surface area contributed by atoms with Gasteiger partial charge in [0.2, 0.25) is 0 Å². The van der Waals surface area contributed by atoms with E-state index >= 15 is 0 Å². The first-order valence-electron chi connectivity index (χ1n) is 6.97. The average molecular weight is 282 g/mol. The Balaban J connectivity index is 2.38. The van der Waals surface area contributed by atoms with Crippen LogP contribution < -0.4 is 5.32 Å². The topological polar surface area (TPSA) is 35.8 Å². The van der Waals surface area contributed by atoms with Crippen LogP contribution >= 0.6 is 0 Å². The Morgan fingerprint density at radius 2 is 1.76 bits per heavy atom. The van der Waals surface area contributed by atoms with Gasteiger partial charge in [0, 0.05) is 6.04 Å². The van der Waals surface area contributed by atoms with Crippen LogP contribution in [0.15, 0.2) is 30.3 Å². The minimum absolute atomic E-state index is 0.000463. The third kappa shape index (κ3) is 3.05. The summed E-state index contributed by atoms with van der Waals surface area (Å²) in [4.78, 5) is 0. The molecule has 2 rings (SSSR count). The Kier molecular flexibility index (Phi) is 4.28. The molecule has 0 aliphatic heterocycles. The van der Waals surface area contributed by atoms with Crippen molar-refractivity contribution in [2.24, 2.45) is 0 Å². The highest BCUT2D eigenvalue weighted by Crippen LogP contribution is 2.28. The van der Waals surface area contributed by atoms with Gasteiger partial charge in [0.1, 0.15) is 17.4 Å². The largest absolute Gasteiger partial charge is 0.377 e. The van der Waals surface area contributed by atoms with Gasteiger partial charge in [-0.25, -0.2) is 4.39 Å². The number of hydrogen-bond acceptors (Lipinski definition) is 2. The zero-order valence-corrected chi connectivity index (χ0v) is 12.8. The van der Waals surface area contributed by atoms with Crippen LogP contribution in [0.25, 0.3) is 0 Å². The molecule has 1 unspecified atom stereocenters. The van der Waals surface area contributed by atoms with Crippen molar-refractivity contribution in [3.8, 4) is 6.07 Å². The third-order valence-corrected chi connectivity index (χ3v) is 3.67. The normalized spacial score (nSPS) is 11.8. The van der Waals surface area contributed by atoms with Gasteiger partial charge in [-0.05, 0) is 56.5 Å². The van der Waals surface area contributed by atoms with Crippen molar-refractivity contribution in [1.29, 1.82) is 5.26 Å². The molecule has 0 aliphatic carbocycles. The average Bonchev–Trinajstić information content (AvgIpc) is 2.37. The molecule has 0 aromatic heterocycles. The van der Waals surface area contributed by atoms with E-state index in [1.165, 1.54) is 28.3 Å². The molecule has 1 atom stereocenters. The Morgan fingerprint density at radius 3 is 2.33 bits per heavy atom. The molecule has 21 heavy (non-hydrogen) atoms. The van der Waals surface area contributed by atoms with Crippen LogP contribution in [-0.2, 0) is 0 Å². The first-order valence-corrected chi connectivity index (χ1v) is 6.97. The smallest absolute Gasteiger partial charge is 0.143 e. The maximum Gasteiger partial charge on any atom is 0.143 e. The summed E-state index contributed by atoms with van der Waals surface area (Å²) >= 11 is 0. The lowest BCUT2D eigenvalue weighted by molar-refractivity contribution is 0.624. The van der Waals surface area contributed by atoms with Crippen molar-refractivity contribution < 1.29 is 4.39 Å². The highest BCUT2D eigenvalue weighted by atomic mass is 19.1. The quantitative estimate of drug-likeness (QED) is 0.878. The van der Waals surface area contributed by atoms with E-state index in [-0.39, 0.29) is 11.6 Å². The molecule has 0 amide bonds. The minimum Gasteiger partial charge on any atom is -0.377 e. The Hall–Kier alpha value is -2.34. The third-order valence-electron chi connectivity index (χ3n) is 3.67. The predicted octanol–water partition coefficient (Wildman–Crippen LogP) is 4.80. The monoisotopic (exact) mass is 282 g/mol. The maximum atomic E-state index is 13.7. The van der Waals surface area contributed by atoms with Gasteiger partial charge >= 0.3 is 0 Å². The van der Waals surface area contributed by atoms with E-state index in [4.69, 9.17) is 5.26 Å². The number of hydrogen-bond donors (Lipinski definition) is 1. The van der Waals surface area contributed by atoms with Crippen LogP contribution in [0.3, 0.4) is 0 Å². The second-order valence-electron chi connectivity index (χ2n) is 5.45. The molecule has 0 spiro atoms. The van der Waals surface area contributed by atoms with Crippen LogP contribution in [0.5, 0.6) is 0 Å². The van der Waals surface area contributed by atoms with Gasteiger partial charge < -0.3 is 5.32 Å². The summed E-state index contributed by atoms with van der Waals surface area (Å²) in [7, 11) is 0. The fourth-order valence-electron chi connectivity index (χ4n) is 2.94. The van der Waals surface area contributed by atoms with Crippen molar-refractivity contribution in [2.45, 2.75) is 33.7 Å². The molecule has 0 radical (unpaired) electrons. The first-order chi connectivity index (χ1) is 9.93. The van der Waals surface area contributed by atoms with Crippen molar-refractivity contribution in [3.05, 3.63) is 64.0 Å². The molecular formula is C18H19FN2. The van der Waals surface area contributed by atoms with Crippen LogP contribution in [0.4, 0.5) is 10.1 Å². The molecule has 1 N–H and O–H groups in total. The lowest BCUT2D eigenvalue weighted by atomic mass is 9.94. The number of nitrogens with zero attached hydrogens (tertiary/aromatic N) is 1. The number of aryl methyl sites for hydroxylation is 3. The molecule has 3 heteroatoms. The van der Waals surface area contributed by atoms with E-state index in [0.717, 1.165) is 0 Å². The van der Waals surface area contributed by atoms with E-state index in [2.05, 4.69) is 38.2 Å². The molecule has 0 bridgehead atoms. The van der Waals surface area contributed by atoms with Crippen molar-refractivity contribution >= 4 is 5.69 Å². The summed E-state index contributed by atoms with van der Waals surface area (Å²) in [6.45, 7) is 8.24. The lowest BCUT2D eigenvalue weighted by Crippen LogP contribution is -2.11. The zero-order valence-electron chi connectivity index (χ0n) is 12.8. The van der Waals surface area contributed by atoms with Gasteiger partial charge in [-0.1, -0.05) is 23.8 Å². The molecule has 0 aliphatic rings. The molecule has 2 aromatic rings. The molecule has 0 fully saturated rings. The second-order valence-corrected chi connectivity index (χ2v) is 5.45. The van der Waals surface area contributed by atoms with Gasteiger partial charge in [-0.15, -0.1) is 0 Å². The van der Waals surface area contributed by atoms with Gasteiger partial charge in [-0.2, -0.15) is 5.26 Å². The van der Waals surface area contributed by atoms with E-state index < -0.39 is 5.82 Å². The summed E-state index contributed by atoms with van der Waals surface area (Å²) in [6.07, 6.45) is 0. The van der Waals surface area contributed by atoms with E-state index in [0.29, 0.717) is 5.69 Å². The SMILES string of the molecule is Cc1cc(C)c(C(C)Nc2cccc(F)c2C#N)c(C)c1. The van der Waals surface area contributed by atoms with Gasteiger partial charge in [-0.3, -0.25) is 0 Å². The van der Waals surface area contributed by atoms with Crippen LogP contribution in [0.2, 0.25) is 0 Å². The maximum absolute atomic E-state index is 13.7. The minimum atomic E-state index is -0.493. The molecular weight excluding hydrogens is 263 g/mol. The number of rotatable bonds is 3. The Labute approximate surface area is 125 Å². The molecule has 0 saturated carbocycles. The van der Waals surface area contributed by atoms with E-state index in [1.807, 2.05) is 13.0 Å². The highest BCUT2D eigenvalue weighted by Gasteiger charge is 2.15. The number of nitrogens with one attached hydrogen (secondary N) is 1. The summed E-state index contributed by atoms with van der Waals surface area (Å²) in [5.74, 6) is -0.493. The molecule has 108 valence electrons. The van der Waals surface area contributed by atoms with Crippen LogP contribution in [0.1, 0.15) is 40.8 Å². The second kappa shape index (κ2) is 5.97. The Morgan fingerprint density at radius 1 is 1.14 bits per heavy atom. The van der Waals surface area contributed by atoms with Crippen LogP contribution in [0, 0.1) is 37.9 Å². The number of anilines is 1. The van der Waals surface area contributed by atoms with Crippen molar-refractivity contribution in [1.82, 2.24) is 0 Å². The fourth-order valence-corrected chi connectivity index (χ4v) is 2.94. The highest BCUT2D eigenvalue weighted by molar-refractivity contribution is 5.59. The molecule has 2 nitrogen and oxygen atoms in total. The fraction of sp³-hybridized carbons (Fsp3) is 0.278. The van der Waals surface area contributed by atoms with Crippen molar-refractivity contribution in [2.75, 3.05) is 5.32 Å². The summed E-state index contributed by atoms with van der Waals surface area (Å²) in [6, 6.07) is 10.8. The lowest BCUT2D eigenvalue weighted by Gasteiger charge is -2.21. The number of halogens is 1. The molecule has 0 saturated heterocycles. The zero-order chi connectivity index (χ0) is 15.6. The van der Waals surface area contributed by atoms with E-state index in [1.54, 1.807) is 12.1 Å². The van der Waals surface area contributed by atoms with Gasteiger partial charge in [0.05, 0.1) is 5.69 Å². The molecule has 2 aromatic carbocycles. The van der Waals surface area contributed by atoms with Crippen molar-refractivity contribution in [3.63, 3.8) is 0 Å². The Bertz CT molecular complexity index is 691. The van der Waals surface area contributed by atoms with E-state index in [9.17, 15) is 4.39 Å². The standard InChI is InChI=1S/C18H19FN2/c1-11-8-12(2)18(13(3)9-11)14(4)21-17-7-5-6-16(19)15(17)10-20/h5-9,14,21H,1-4H3. The number of nitriles is 1.